The first kappa shape index (κ1) is 23.0. The number of hydrogen-bond acceptors (Lipinski definition) is 2. The molecule has 0 aliphatic carbocycles. The van der Waals surface area contributed by atoms with Crippen LogP contribution in [0.3, 0.4) is 0 Å². The molecule has 178 valence electrons. The molecule has 4 aromatic rings. The number of hydrogen-bond donors (Lipinski definition) is 0. The summed E-state index contributed by atoms with van der Waals surface area (Å²) in [5.74, 6) is 1.52. The van der Waals surface area contributed by atoms with E-state index < -0.39 is 0 Å². The molecule has 0 bridgehead atoms. The molecule has 1 aromatic heterocycles. The molecule has 0 radical (unpaired) electrons. The van der Waals surface area contributed by atoms with Gasteiger partial charge in [-0.3, -0.25) is 4.79 Å². The molecule has 0 N–H and O–H groups in total. The normalized spacial score (nSPS) is 14.2. The number of aromatic nitrogens is 1. The molecule has 0 atom stereocenters. The Hall–Kier alpha value is -3.79. The molecule has 1 fully saturated rings. The topological polar surface area (TPSA) is 34.5 Å². The number of para-hydroxylation sites is 2. The standard InChI is InChI=1S/C31H32N2O2/c1-23-27(31(34)32-19-17-25(18-20-32)21-24-11-5-3-6-12-24)22-29(26-13-7-4-8-14-26)33(23)28-15-9-10-16-30(28)35-2/h3-16,22,25H,17-21H2,1-2H3. The van der Waals surface area contributed by atoms with E-state index in [2.05, 4.69) is 53.1 Å². The van der Waals surface area contributed by atoms with Crippen molar-refractivity contribution in [3.63, 3.8) is 0 Å². The van der Waals surface area contributed by atoms with Crippen molar-refractivity contribution in [2.45, 2.75) is 26.2 Å². The van der Waals surface area contributed by atoms with Crippen LogP contribution in [0.25, 0.3) is 16.9 Å². The van der Waals surface area contributed by atoms with Crippen LogP contribution in [0.2, 0.25) is 0 Å². The van der Waals surface area contributed by atoms with Crippen LogP contribution in [0.1, 0.15) is 34.5 Å². The molecule has 4 nitrogen and oxygen atoms in total. The van der Waals surface area contributed by atoms with Crippen molar-refractivity contribution in [2.24, 2.45) is 5.92 Å². The number of ether oxygens (including phenoxy) is 1. The lowest BCUT2D eigenvalue weighted by Crippen LogP contribution is -2.39. The highest BCUT2D eigenvalue weighted by atomic mass is 16.5. The highest BCUT2D eigenvalue weighted by Gasteiger charge is 2.28. The molecule has 5 rings (SSSR count). The summed E-state index contributed by atoms with van der Waals surface area (Å²) in [5.41, 5.74) is 6.08. The molecule has 1 amide bonds. The van der Waals surface area contributed by atoms with E-state index in [4.69, 9.17) is 4.74 Å². The van der Waals surface area contributed by atoms with Gasteiger partial charge < -0.3 is 14.2 Å². The summed E-state index contributed by atoms with van der Waals surface area (Å²) in [4.78, 5) is 15.8. The zero-order chi connectivity index (χ0) is 24.2. The van der Waals surface area contributed by atoms with Gasteiger partial charge in [-0.15, -0.1) is 0 Å². The smallest absolute Gasteiger partial charge is 0.255 e. The summed E-state index contributed by atoms with van der Waals surface area (Å²) in [6, 6.07) is 31.0. The summed E-state index contributed by atoms with van der Waals surface area (Å²) in [5, 5.41) is 0. The lowest BCUT2D eigenvalue weighted by atomic mass is 9.90. The van der Waals surface area contributed by atoms with Crippen LogP contribution in [-0.2, 0) is 6.42 Å². The Labute approximate surface area is 207 Å². The minimum atomic E-state index is 0.117. The average Bonchev–Trinajstić information content (AvgIpc) is 3.26. The van der Waals surface area contributed by atoms with E-state index in [1.165, 1.54) is 5.56 Å². The Morgan fingerprint density at radius 1 is 0.886 bits per heavy atom. The van der Waals surface area contributed by atoms with Gasteiger partial charge in [0.15, 0.2) is 0 Å². The van der Waals surface area contributed by atoms with Gasteiger partial charge >= 0.3 is 0 Å². The van der Waals surface area contributed by atoms with Crippen molar-refractivity contribution in [2.75, 3.05) is 20.2 Å². The molecule has 1 aliphatic rings. The van der Waals surface area contributed by atoms with Crippen LogP contribution in [-0.4, -0.2) is 35.6 Å². The van der Waals surface area contributed by atoms with Crippen LogP contribution in [0.15, 0.2) is 91.0 Å². The average molecular weight is 465 g/mol. The van der Waals surface area contributed by atoms with Crippen molar-refractivity contribution < 1.29 is 9.53 Å². The number of likely N-dealkylation sites (tertiary alicyclic amines) is 1. The summed E-state index contributed by atoms with van der Waals surface area (Å²) in [6.07, 6.45) is 3.17. The maximum atomic E-state index is 13.7. The van der Waals surface area contributed by atoms with E-state index in [1.54, 1.807) is 7.11 Å². The zero-order valence-corrected chi connectivity index (χ0v) is 20.5. The van der Waals surface area contributed by atoms with Crippen LogP contribution < -0.4 is 4.74 Å². The van der Waals surface area contributed by atoms with Gasteiger partial charge in [0.25, 0.3) is 5.91 Å². The monoisotopic (exact) mass is 464 g/mol. The fourth-order valence-electron chi connectivity index (χ4n) is 5.23. The first-order chi connectivity index (χ1) is 17.2. The number of nitrogens with zero attached hydrogens (tertiary/aromatic N) is 2. The molecule has 0 saturated carbocycles. The van der Waals surface area contributed by atoms with Gasteiger partial charge in [0.2, 0.25) is 0 Å². The Balaban J connectivity index is 1.43. The minimum Gasteiger partial charge on any atom is -0.495 e. The van der Waals surface area contributed by atoms with E-state index in [0.29, 0.717) is 5.92 Å². The molecule has 3 aromatic carbocycles. The highest BCUT2D eigenvalue weighted by Crippen LogP contribution is 2.34. The fraction of sp³-hybridized carbons (Fsp3) is 0.258. The second-order valence-corrected chi connectivity index (χ2v) is 9.33. The third-order valence-corrected chi connectivity index (χ3v) is 7.14. The molecular formula is C31H32N2O2. The second kappa shape index (κ2) is 10.2. The van der Waals surface area contributed by atoms with E-state index in [9.17, 15) is 4.79 Å². The molecule has 35 heavy (non-hydrogen) atoms. The Morgan fingerprint density at radius 2 is 1.51 bits per heavy atom. The van der Waals surface area contributed by atoms with Crippen LogP contribution in [0.5, 0.6) is 5.75 Å². The van der Waals surface area contributed by atoms with E-state index in [-0.39, 0.29) is 5.91 Å². The quantitative estimate of drug-likeness (QED) is 0.324. The van der Waals surface area contributed by atoms with Crippen LogP contribution >= 0.6 is 0 Å². The van der Waals surface area contributed by atoms with Crippen molar-refractivity contribution in [1.82, 2.24) is 9.47 Å². The number of amides is 1. The largest absolute Gasteiger partial charge is 0.495 e. The SMILES string of the molecule is COc1ccccc1-n1c(-c2ccccc2)cc(C(=O)N2CCC(Cc3ccccc3)CC2)c1C. The van der Waals surface area contributed by atoms with E-state index >= 15 is 0 Å². The predicted molar refractivity (Wildman–Crippen MR) is 141 cm³/mol. The number of piperidine rings is 1. The first-order valence-corrected chi connectivity index (χ1v) is 12.4. The third-order valence-electron chi connectivity index (χ3n) is 7.14. The van der Waals surface area contributed by atoms with Gasteiger partial charge in [0.05, 0.1) is 24.1 Å². The molecular weight excluding hydrogens is 432 g/mol. The van der Waals surface area contributed by atoms with Crippen molar-refractivity contribution in [3.05, 3.63) is 108 Å². The molecule has 0 spiro atoms. The van der Waals surface area contributed by atoms with Crippen molar-refractivity contribution in [1.29, 1.82) is 0 Å². The maximum absolute atomic E-state index is 13.7. The van der Waals surface area contributed by atoms with Gasteiger partial charge in [-0.25, -0.2) is 0 Å². The van der Waals surface area contributed by atoms with E-state index in [0.717, 1.165) is 66.3 Å². The minimum absolute atomic E-state index is 0.117. The van der Waals surface area contributed by atoms with Gasteiger partial charge in [0.1, 0.15) is 5.75 Å². The zero-order valence-electron chi connectivity index (χ0n) is 20.5. The Bertz CT molecular complexity index is 1290. The molecule has 4 heteroatoms. The van der Waals surface area contributed by atoms with Gasteiger partial charge in [-0.2, -0.15) is 0 Å². The predicted octanol–water partition coefficient (Wildman–Crippen LogP) is 6.56. The number of carbonyl (C=O) groups excluding carboxylic acids is 1. The maximum Gasteiger partial charge on any atom is 0.255 e. The number of methoxy groups -OCH3 is 1. The van der Waals surface area contributed by atoms with Gasteiger partial charge in [0, 0.05) is 18.8 Å². The number of benzene rings is 3. The lowest BCUT2D eigenvalue weighted by Gasteiger charge is -2.32. The van der Waals surface area contributed by atoms with Crippen molar-refractivity contribution >= 4 is 5.91 Å². The summed E-state index contributed by atoms with van der Waals surface area (Å²) >= 11 is 0. The van der Waals surface area contributed by atoms with Gasteiger partial charge in [-0.05, 0) is 61.4 Å². The molecule has 1 saturated heterocycles. The molecule has 0 unspecified atom stereocenters. The van der Waals surface area contributed by atoms with Gasteiger partial charge in [-0.1, -0.05) is 72.8 Å². The number of rotatable bonds is 6. The summed E-state index contributed by atoms with van der Waals surface area (Å²) in [7, 11) is 1.69. The second-order valence-electron chi connectivity index (χ2n) is 9.33. The van der Waals surface area contributed by atoms with Crippen molar-refractivity contribution in [3.8, 4) is 22.7 Å². The van der Waals surface area contributed by atoms with Crippen LogP contribution in [0, 0.1) is 12.8 Å². The number of carbonyl (C=O) groups is 1. The Morgan fingerprint density at radius 3 is 2.20 bits per heavy atom. The highest BCUT2D eigenvalue weighted by molar-refractivity contribution is 5.97. The summed E-state index contributed by atoms with van der Waals surface area (Å²) < 4.78 is 7.83. The van der Waals surface area contributed by atoms with E-state index in [1.807, 2.05) is 54.3 Å². The Kier molecular flexibility index (Phi) is 6.71. The lowest BCUT2D eigenvalue weighted by molar-refractivity contribution is 0.0690. The molecule has 1 aliphatic heterocycles. The first-order valence-electron chi connectivity index (χ1n) is 12.4. The third kappa shape index (κ3) is 4.74. The summed E-state index contributed by atoms with van der Waals surface area (Å²) in [6.45, 7) is 3.64. The van der Waals surface area contributed by atoms with Crippen LogP contribution in [0.4, 0.5) is 0 Å². The molecule has 2 heterocycles. The fourth-order valence-corrected chi connectivity index (χ4v) is 5.23.